The molecule has 2 unspecified atom stereocenters. The smallest absolute Gasteiger partial charge is 0.255 e. The lowest BCUT2D eigenvalue weighted by atomic mass is 9.35. The third kappa shape index (κ3) is 2.25. The Morgan fingerprint density at radius 1 is 0.731 bits per heavy atom. The van der Waals surface area contributed by atoms with E-state index in [1.165, 1.54) is 13.8 Å². The van der Waals surface area contributed by atoms with Crippen LogP contribution in [0.25, 0.3) is 0 Å². The van der Waals surface area contributed by atoms with Gasteiger partial charge in [-0.25, -0.2) is 0 Å². The zero-order valence-electron chi connectivity index (χ0n) is 16.0. The van der Waals surface area contributed by atoms with E-state index in [4.69, 9.17) is 0 Å². The van der Waals surface area contributed by atoms with Gasteiger partial charge in [0.2, 0.25) is 0 Å². The monoisotopic (exact) mass is 356 g/mol. The highest BCUT2D eigenvalue weighted by Crippen LogP contribution is 2.74. The molecule has 0 bridgehead atoms. The Bertz CT molecular complexity index is 804. The number of nitrogens with one attached hydrogen (secondary N) is 2. The van der Waals surface area contributed by atoms with Crippen molar-refractivity contribution in [3.05, 3.63) is 46.6 Å². The van der Waals surface area contributed by atoms with Crippen LogP contribution in [0.15, 0.2) is 46.6 Å². The normalized spacial score (nSPS) is 26.2. The fraction of sp³-hybridized carbons (Fsp3) is 0.400. The number of carbonyl (C=O) groups excluding carboxylic acids is 4. The summed E-state index contributed by atoms with van der Waals surface area (Å²) in [4.78, 5) is 49.1. The minimum Gasteiger partial charge on any atom is -0.289 e. The summed E-state index contributed by atoms with van der Waals surface area (Å²) in [5.41, 5.74) is 1.45. The van der Waals surface area contributed by atoms with Crippen molar-refractivity contribution in [2.45, 2.75) is 41.5 Å². The lowest BCUT2D eigenvalue weighted by Gasteiger charge is -2.66. The predicted molar refractivity (Wildman–Crippen MR) is 97.5 cm³/mol. The fourth-order valence-corrected chi connectivity index (χ4v) is 3.98. The number of carbonyl (C=O) groups is 4. The molecule has 4 amide bonds. The van der Waals surface area contributed by atoms with Gasteiger partial charge in [0.05, 0.1) is 0 Å². The molecule has 2 atom stereocenters. The van der Waals surface area contributed by atoms with Gasteiger partial charge in [-0.3, -0.25) is 29.8 Å². The molecule has 2 N–H and O–H groups in total. The van der Waals surface area contributed by atoms with Crippen molar-refractivity contribution >= 4 is 23.6 Å². The first-order valence-corrected chi connectivity index (χ1v) is 8.27. The Hall–Kier alpha value is -2.76. The lowest BCUT2D eigenvalue weighted by Crippen LogP contribution is -2.65. The molecule has 0 spiro atoms. The summed E-state index contributed by atoms with van der Waals surface area (Å²) in [5, 5.41) is 4.53. The summed E-state index contributed by atoms with van der Waals surface area (Å²) in [6.07, 6.45) is 0. The second kappa shape index (κ2) is 5.90. The molecule has 0 aromatic rings. The van der Waals surface area contributed by atoms with Crippen LogP contribution in [0, 0.1) is 10.8 Å². The largest absolute Gasteiger partial charge is 0.289 e. The molecule has 0 saturated carbocycles. The van der Waals surface area contributed by atoms with E-state index >= 15 is 0 Å². The molecule has 6 heteroatoms. The third-order valence-electron chi connectivity index (χ3n) is 6.00. The molecule has 0 radical (unpaired) electrons. The summed E-state index contributed by atoms with van der Waals surface area (Å²) >= 11 is 0. The highest BCUT2D eigenvalue weighted by atomic mass is 16.2. The number of fused-ring (bicyclic) bond motifs is 1. The first-order valence-electron chi connectivity index (χ1n) is 8.27. The van der Waals surface area contributed by atoms with Crippen LogP contribution in [-0.2, 0) is 19.2 Å². The Kier molecular flexibility index (Phi) is 4.44. The van der Waals surface area contributed by atoms with Gasteiger partial charge in [0.15, 0.2) is 0 Å². The van der Waals surface area contributed by atoms with Crippen LogP contribution in [0.3, 0.4) is 0 Å². The predicted octanol–water partition coefficient (Wildman–Crippen LogP) is 2.10. The topological polar surface area (TPSA) is 92.3 Å². The summed E-state index contributed by atoms with van der Waals surface area (Å²) in [6, 6.07) is 0. The van der Waals surface area contributed by atoms with E-state index in [0.29, 0.717) is 0 Å². The lowest BCUT2D eigenvalue weighted by molar-refractivity contribution is -0.132. The molecule has 2 aliphatic carbocycles. The number of hydrogen-bond donors (Lipinski definition) is 2. The van der Waals surface area contributed by atoms with Crippen LogP contribution in [0.4, 0.5) is 0 Å². The highest BCUT2D eigenvalue weighted by molar-refractivity contribution is 6.20. The molecule has 26 heavy (non-hydrogen) atoms. The Morgan fingerprint density at radius 3 is 1.23 bits per heavy atom. The molecule has 138 valence electrons. The summed E-state index contributed by atoms with van der Waals surface area (Å²) in [6.45, 7) is 17.5. The molecule has 0 aromatic heterocycles. The number of rotatable bonds is 4. The maximum Gasteiger partial charge on any atom is 0.255 e. The molecule has 0 heterocycles. The van der Waals surface area contributed by atoms with Gasteiger partial charge in [-0.05, 0) is 27.7 Å². The van der Waals surface area contributed by atoms with Gasteiger partial charge >= 0.3 is 0 Å². The van der Waals surface area contributed by atoms with E-state index < -0.39 is 34.5 Å². The maximum atomic E-state index is 12.7. The minimum absolute atomic E-state index is 0.187. The Morgan fingerprint density at radius 2 is 1.00 bits per heavy atom. The number of hydrogen-bond acceptors (Lipinski definition) is 4. The van der Waals surface area contributed by atoms with Gasteiger partial charge in [-0.1, -0.05) is 38.2 Å². The Balaban J connectivity index is 2.49. The zero-order valence-corrected chi connectivity index (χ0v) is 16.0. The van der Waals surface area contributed by atoms with E-state index in [2.05, 4.69) is 23.8 Å². The van der Waals surface area contributed by atoms with Gasteiger partial charge in [-0.15, -0.1) is 0 Å². The van der Waals surface area contributed by atoms with Crippen molar-refractivity contribution in [1.82, 2.24) is 10.6 Å². The molecular weight excluding hydrogens is 332 g/mol. The number of allylic oxidation sites excluding steroid dienone is 2. The maximum absolute atomic E-state index is 12.7. The van der Waals surface area contributed by atoms with Crippen LogP contribution in [0.1, 0.15) is 41.5 Å². The van der Waals surface area contributed by atoms with Crippen LogP contribution < -0.4 is 10.6 Å². The van der Waals surface area contributed by atoms with E-state index in [1.54, 1.807) is 0 Å². The van der Waals surface area contributed by atoms with Crippen LogP contribution in [0.5, 0.6) is 0 Å². The standard InChI is InChI=1S/C20H24N2O4/c1-9(2)15(23)21-17(25)13-14(18(26)22-16(24)10(3)4)20(8)12(6)11(5)19(13,20)7/h1,3H2,2,4-8H3,(H,21,23,25)(H,22,24,26). The van der Waals surface area contributed by atoms with Crippen molar-refractivity contribution in [2.75, 3.05) is 0 Å². The average Bonchev–Trinajstić information content (AvgIpc) is 2.55. The second-order valence-corrected chi connectivity index (χ2v) is 7.38. The molecule has 6 nitrogen and oxygen atoms in total. The Labute approximate surface area is 153 Å². The third-order valence-corrected chi connectivity index (χ3v) is 6.00. The first kappa shape index (κ1) is 19.6. The average molecular weight is 356 g/mol. The first-order chi connectivity index (χ1) is 11.8. The molecule has 0 saturated heterocycles. The van der Waals surface area contributed by atoms with Crippen molar-refractivity contribution in [1.29, 1.82) is 0 Å². The summed E-state index contributed by atoms with van der Waals surface area (Å²) < 4.78 is 0. The molecule has 2 aliphatic rings. The minimum atomic E-state index is -0.657. The number of amides is 4. The van der Waals surface area contributed by atoms with E-state index in [-0.39, 0.29) is 22.3 Å². The van der Waals surface area contributed by atoms with Gasteiger partial charge in [0.1, 0.15) is 0 Å². The zero-order chi connectivity index (χ0) is 20.2. The van der Waals surface area contributed by atoms with Gasteiger partial charge in [0, 0.05) is 33.1 Å². The highest BCUT2D eigenvalue weighted by Gasteiger charge is 2.71. The molecule has 2 rings (SSSR count). The second-order valence-electron chi connectivity index (χ2n) is 7.38. The van der Waals surface area contributed by atoms with Gasteiger partial charge in [0.25, 0.3) is 23.6 Å². The SMILES string of the molecule is C=C(C)C(=O)NC(=O)C1=C(C(=O)NC(=O)C(=C)C)C2(C)C(C)=C(C)C12C. The molecule has 0 fully saturated rings. The molecule has 0 aliphatic heterocycles. The van der Waals surface area contributed by atoms with Crippen molar-refractivity contribution in [2.24, 2.45) is 10.8 Å². The van der Waals surface area contributed by atoms with Crippen LogP contribution in [-0.4, -0.2) is 23.6 Å². The van der Waals surface area contributed by atoms with E-state index in [1.807, 2.05) is 27.7 Å². The summed E-state index contributed by atoms with van der Waals surface area (Å²) in [7, 11) is 0. The van der Waals surface area contributed by atoms with Crippen LogP contribution in [0.2, 0.25) is 0 Å². The fourth-order valence-electron chi connectivity index (χ4n) is 3.98. The molecule has 0 aromatic carbocycles. The van der Waals surface area contributed by atoms with Crippen LogP contribution >= 0.6 is 0 Å². The summed E-state index contributed by atoms with van der Waals surface area (Å²) in [5.74, 6) is -2.49. The van der Waals surface area contributed by atoms with E-state index in [9.17, 15) is 19.2 Å². The quantitative estimate of drug-likeness (QED) is 0.596. The van der Waals surface area contributed by atoms with Gasteiger partial charge in [-0.2, -0.15) is 0 Å². The van der Waals surface area contributed by atoms with Crippen molar-refractivity contribution in [3.8, 4) is 0 Å². The van der Waals surface area contributed by atoms with Gasteiger partial charge < -0.3 is 0 Å². The molecular formula is C20H24N2O4. The van der Waals surface area contributed by atoms with E-state index in [0.717, 1.165) is 11.1 Å². The van der Waals surface area contributed by atoms with Crippen molar-refractivity contribution < 1.29 is 19.2 Å². The van der Waals surface area contributed by atoms with Crippen molar-refractivity contribution in [3.63, 3.8) is 0 Å². The number of imide groups is 2.